The van der Waals surface area contributed by atoms with Crippen LogP contribution in [0.1, 0.15) is 0 Å². The number of methoxy groups -OCH3 is 2. The summed E-state index contributed by atoms with van der Waals surface area (Å²) in [7, 11) is 3.30. The van der Waals surface area contributed by atoms with Crippen LogP contribution >= 0.6 is 0 Å². The Bertz CT molecular complexity index is 1250. The second kappa shape index (κ2) is 22.1. The molecule has 2 nitrogen and oxygen atoms in total. The molecule has 0 atom stereocenters. The normalized spacial score (nSPS) is 10.1. The zero-order valence-electron chi connectivity index (χ0n) is 26.3. The molecule has 0 aliphatic rings. The molecule has 0 unspecified atom stereocenters. The average Bonchev–Trinajstić information content (AvgIpc) is 3.11. The van der Waals surface area contributed by atoms with Gasteiger partial charge in [-0.05, 0) is 0 Å². The summed E-state index contributed by atoms with van der Waals surface area (Å²) in [5.74, 6) is 0. The molecule has 0 aliphatic heterocycles. The molecule has 6 rings (SSSR count). The van der Waals surface area contributed by atoms with Crippen molar-refractivity contribution in [2.75, 3.05) is 27.4 Å². The summed E-state index contributed by atoms with van der Waals surface area (Å²) in [6.45, 7) is 1.38. The Hall–Kier alpha value is -2.54. The number of rotatable bonds is 9. The van der Waals surface area contributed by atoms with Crippen molar-refractivity contribution in [3.05, 3.63) is 182 Å². The molecule has 222 valence electrons. The number of hydrogen-bond donors (Lipinski definition) is 0. The molecule has 0 heterocycles. The molecule has 6 aromatic rings. The van der Waals surface area contributed by atoms with E-state index in [-0.39, 0.29) is 19.5 Å². The molecule has 6 aromatic carbocycles. The molecule has 5 heteroatoms. The molecule has 0 fully saturated rings. The Balaban J connectivity index is 0.000000205. The van der Waals surface area contributed by atoms with E-state index in [0.29, 0.717) is 13.2 Å². The molecule has 0 bridgehead atoms. The van der Waals surface area contributed by atoms with Crippen LogP contribution < -0.4 is 21.5 Å². The average molecular weight is 856 g/mol. The van der Waals surface area contributed by atoms with Crippen LogP contribution in [0.4, 0.5) is 0 Å². The second-order valence-electron chi connectivity index (χ2n) is 9.93. The van der Waals surface area contributed by atoms with Crippen molar-refractivity contribution in [3.8, 4) is 0 Å². The van der Waals surface area contributed by atoms with E-state index in [1.165, 1.54) is 21.5 Å². The van der Waals surface area contributed by atoms with Crippen LogP contribution in [0.25, 0.3) is 0 Å². The fraction of sp³-hybridized carbons (Fsp3) is 0.100. The summed E-state index contributed by atoms with van der Waals surface area (Å²) >= 11 is -3.96. The number of hydrogen-bond acceptors (Lipinski definition) is 2. The van der Waals surface area contributed by atoms with Crippen molar-refractivity contribution in [2.24, 2.45) is 0 Å². The van der Waals surface area contributed by atoms with Gasteiger partial charge >= 0.3 is 243 Å². The van der Waals surface area contributed by atoms with Crippen molar-refractivity contribution in [2.45, 2.75) is 0 Å². The zero-order chi connectivity index (χ0) is 30.7. The van der Waals surface area contributed by atoms with Gasteiger partial charge in [-0.3, -0.25) is 0 Å². The summed E-state index contributed by atoms with van der Waals surface area (Å²) in [4.78, 5) is 0. The molecule has 0 saturated carbocycles. The molecule has 45 heavy (non-hydrogen) atoms. The van der Waals surface area contributed by atoms with E-state index in [1.807, 2.05) is 0 Å². The SMILES string of the molecule is COCCOC.[Zn].c1cc[c]([Sn]([c]2ccccc2)[c]2ccccc2)cc1.c1cc[c]([Sn]([c]2ccccc2)[c]2ccccc2)cc1. The van der Waals surface area contributed by atoms with Crippen molar-refractivity contribution < 1.29 is 29.0 Å². The molecular weight excluding hydrogens is 815 g/mol. The molecule has 0 amide bonds. The summed E-state index contributed by atoms with van der Waals surface area (Å²) in [6, 6.07) is 65.9. The Morgan fingerprint density at radius 2 is 0.467 bits per heavy atom. The Labute approximate surface area is 296 Å². The van der Waals surface area contributed by atoms with E-state index in [9.17, 15) is 0 Å². The van der Waals surface area contributed by atoms with Crippen LogP contribution in [-0.2, 0) is 29.0 Å². The van der Waals surface area contributed by atoms with Crippen molar-refractivity contribution in [1.29, 1.82) is 0 Å². The molecule has 0 spiro atoms. The quantitative estimate of drug-likeness (QED) is 0.156. The van der Waals surface area contributed by atoms with Gasteiger partial charge in [0.05, 0.1) is 13.2 Å². The van der Waals surface area contributed by atoms with Gasteiger partial charge in [-0.2, -0.15) is 0 Å². The first-order valence-corrected chi connectivity index (χ1v) is 23.4. The van der Waals surface area contributed by atoms with Crippen molar-refractivity contribution in [3.63, 3.8) is 0 Å². The third-order valence-electron chi connectivity index (χ3n) is 6.87. The van der Waals surface area contributed by atoms with Gasteiger partial charge in [-0.15, -0.1) is 0 Å². The fourth-order valence-corrected chi connectivity index (χ4v) is 19.5. The van der Waals surface area contributed by atoms with Crippen LogP contribution in [0, 0.1) is 0 Å². The van der Waals surface area contributed by atoms with Gasteiger partial charge in [0.15, 0.2) is 0 Å². The minimum absolute atomic E-state index is 0. The molecule has 2 radical (unpaired) electrons. The first-order valence-electron chi connectivity index (χ1n) is 14.9. The van der Waals surface area contributed by atoms with Crippen LogP contribution in [-0.4, -0.2) is 67.0 Å². The first-order chi connectivity index (χ1) is 21.8. The predicted molar refractivity (Wildman–Crippen MR) is 192 cm³/mol. The van der Waals surface area contributed by atoms with Crippen LogP contribution in [0.2, 0.25) is 0 Å². The third-order valence-corrected chi connectivity index (χ3v) is 22.5. The van der Waals surface area contributed by atoms with Gasteiger partial charge in [0.25, 0.3) is 0 Å². The third kappa shape index (κ3) is 12.3. The van der Waals surface area contributed by atoms with E-state index in [4.69, 9.17) is 0 Å². The van der Waals surface area contributed by atoms with Crippen LogP contribution in [0.15, 0.2) is 182 Å². The van der Waals surface area contributed by atoms with Crippen LogP contribution in [0.5, 0.6) is 0 Å². The van der Waals surface area contributed by atoms with Gasteiger partial charge < -0.3 is 9.47 Å². The topological polar surface area (TPSA) is 18.5 Å². The van der Waals surface area contributed by atoms with Crippen molar-refractivity contribution in [1.82, 2.24) is 0 Å². The summed E-state index contributed by atoms with van der Waals surface area (Å²) in [5, 5.41) is 0. The predicted octanol–water partition coefficient (Wildman–Crippen LogP) is 4.68. The summed E-state index contributed by atoms with van der Waals surface area (Å²) in [6.07, 6.45) is 0. The Kier molecular flexibility index (Phi) is 18.1. The molecular formula is C40H40O2Sn2Zn. The summed E-state index contributed by atoms with van der Waals surface area (Å²) in [5.41, 5.74) is 0. The van der Waals surface area contributed by atoms with E-state index < -0.39 is 39.5 Å². The Morgan fingerprint density at radius 1 is 0.311 bits per heavy atom. The monoisotopic (exact) mass is 856 g/mol. The molecule has 0 aromatic heterocycles. The maximum atomic E-state index is 4.66. The van der Waals surface area contributed by atoms with Crippen LogP contribution in [0.3, 0.4) is 0 Å². The molecule has 0 saturated heterocycles. The molecule has 0 N–H and O–H groups in total. The minimum atomic E-state index is -1.98. The van der Waals surface area contributed by atoms with Gasteiger partial charge in [-0.1, -0.05) is 0 Å². The van der Waals surface area contributed by atoms with Gasteiger partial charge in [0, 0.05) is 33.7 Å². The van der Waals surface area contributed by atoms with Gasteiger partial charge in [-0.25, -0.2) is 0 Å². The second-order valence-corrected chi connectivity index (χ2v) is 24.1. The number of ether oxygens (including phenoxy) is 2. The van der Waals surface area contributed by atoms with Gasteiger partial charge in [0.1, 0.15) is 0 Å². The fourth-order valence-electron chi connectivity index (χ4n) is 4.80. The van der Waals surface area contributed by atoms with Gasteiger partial charge in [0.2, 0.25) is 0 Å². The number of benzene rings is 6. The standard InChI is InChI=1S/6C6H5.C4H10O2.2Sn.Zn/c6*1-2-4-6-5-3-1;1-5-3-4-6-2;;;/h6*1-5H;3-4H2,1-2H3;;;. The maximum absolute atomic E-state index is 4.66. The van der Waals surface area contributed by atoms with E-state index in [1.54, 1.807) is 14.2 Å². The van der Waals surface area contributed by atoms with E-state index in [0.717, 1.165) is 0 Å². The molecule has 0 aliphatic carbocycles. The Morgan fingerprint density at radius 3 is 0.600 bits per heavy atom. The summed E-state index contributed by atoms with van der Waals surface area (Å²) < 4.78 is 18.5. The zero-order valence-corrected chi connectivity index (χ0v) is 34.9. The van der Waals surface area contributed by atoms with E-state index in [2.05, 4.69) is 191 Å². The first kappa shape index (κ1) is 36.9. The van der Waals surface area contributed by atoms with Crippen molar-refractivity contribution >= 4 is 61.0 Å². The van der Waals surface area contributed by atoms with E-state index >= 15 is 0 Å².